The van der Waals surface area contributed by atoms with Crippen LogP contribution in [0, 0.1) is 11.8 Å². The minimum Gasteiger partial charge on any atom is -0.390 e. The third kappa shape index (κ3) is 19.8. The molecule has 0 saturated heterocycles. The number of amides is 9. The number of primary amides is 1. The monoisotopic (exact) mass is 1150 g/mol. The van der Waals surface area contributed by atoms with E-state index in [9.17, 15) is 48.3 Å². The number of fused-ring (bicyclic) bond motifs is 1. The first-order chi connectivity index (χ1) is 40.1. The van der Waals surface area contributed by atoms with Gasteiger partial charge in [0, 0.05) is 73.0 Å². The summed E-state index contributed by atoms with van der Waals surface area (Å²) in [5.41, 5.74) is 9.80. The van der Waals surface area contributed by atoms with Crippen molar-refractivity contribution in [2.24, 2.45) is 17.6 Å². The Labute approximate surface area is 487 Å². The lowest BCUT2D eigenvalue weighted by Crippen LogP contribution is -2.60. The largest absolute Gasteiger partial charge is 0.390 e. The van der Waals surface area contributed by atoms with E-state index in [1.54, 1.807) is 44.3 Å². The number of nitrogens with two attached hydrogens (primary N) is 1. The molecule has 0 aliphatic rings. The van der Waals surface area contributed by atoms with E-state index in [0.29, 0.717) is 23.4 Å². The van der Waals surface area contributed by atoms with Crippen LogP contribution in [0.15, 0.2) is 116 Å². The molecular formula is C60H78N14O10. The predicted molar refractivity (Wildman–Crippen MR) is 312 cm³/mol. The summed E-state index contributed by atoms with van der Waals surface area (Å²) >= 11 is 0. The third-order valence-corrected chi connectivity index (χ3v) is 14.1. The zero-order valence-corrected chi connectivity index (χ0v) is 48.1. The van der Waals surface area contributed by atoms with Crippen molar-refractivity contribution in [2.75, 3.05) is 0 Å². The van der Waals surface area contributed by atoms with Gasteiger partial charge in [-0.1, -0.05) is 107 Å². The second-order valence-corrected chi connectivity index (χ2v) is 21.8. The molecule has 9 amide bonds. The van der Waals surface area contributed by atoms with Crippen LogP contribution in [0.5, 0.6) is 0 Å². The van der Waals surface area contributed by atoms with Crippen LogP contribution < -0.4 is 48.3 Å². The highest BCUT2D eigenvalue weighted by Crippen LogP contribution is 2.20. The van der Waals surface area contributed by atoms with Crippen molar-refractivity contribution in [1.29, 1.82) is 0 Å². The molecule has 3 heterocycles. The molecule has 448 valence electrons. The molecule has 0 bridgehead atoms. The highest BCUT2D eigenvalue weighted by atomic mass is 16.3. The third-order valence-electron chi connectivity index (χ3n) is 14.1. The van der Waals surface area contributed by atoms with Gasteiger partial charge in [0.2, 0.25) is 53.2 Å². The van der Waals surface area contributed by atoms with Crippen molar-refractivity contribution in [3.05, 3.63) is 144 Å². The minimum absolute atomic E-state index is 0.0226. The van der Waals surface area contributed by atoms with Crippen molar-refractivity contribution in [3.63, 3.8) is 0 Å². The number of nitrogens with zero attached hydrogens (tertiary/aromatic N) is 2. The Hall–Kier alpha value is -9.19. The lowest BCUT2D eigenvalue weighted by molar-refractivity contribution is -0.135. The molecule has 0 aliphatic carbocycles. The number of nitrogens with one attached hydrogen (secondary N) is 11. The number of aliphatic hydroxyl groups is 1. The van der Waals surface area contributed by atoms with E-state index in [1.165, 1.54) is 38.9 Å². The van der Waals surface area contributed by atoms with Gasteiger partial charge in [0.1, 0.15) is 42.3 Å². The van der Waals surface area contributed by atoms with Crippen LogP contribution in [0.1, 0.15) is 88.9 Å². The van der Waals surface area contributed by atoms with E-state index in [-0.39, 0.29) is 50.4 Å². The van der Waals surface area contributed by atoms with Crippen LogP contribution in [-0.2, 0) is 75.3 Å². The van der Waals surface area contributed by atoms with E-state index in [0.717, 1.165) is 22.0 Å². The van der Waals surface area contributed by atoms with E-state index < -0.39 is 114 Å². The SMILES string of the molecule is CC(C)C[C@H](NC(=O)[C@H](Cc1cnc[nH]1)NC(=O)[C@@H](C)NC(=O)[C@@H](NC(=O)[C@H](C)NC(=O)[C@H](Cc1c[nH]c2ccccc12)NC(=O)[C@H](Cc1cnc[nH]1)NC(=O)CCc1ccccc1)C(C)C)[C@@H](O)CC(=O)N[C@@H](Cc1ccccc1)C(N)=O. The molecule has 6 aromatic rings. The van der Waals surface area contributed by atoms with Gasteiger partial charge in [-0.3, -0.25) is 43.2 Å². The molecule has 3 aromatic heterocycles. The number of para-hydroxylation sites is 1. The number of hydrogen-bond acceptors (Lipinski definition) is 12. The topological polar surface area (TPSA) is 369 Å². The van der Waals surface area contributed by atoms with Crippen molar-refractivity contribution in [3.8, 4) is 0 Å². The Bertz CT molecular complexity index is 3130. The smallest absolute Gasteiger partial charge is 0.243 e. The van der Waals surface area contributed by atoms with Gasteiger partial charge in [0.05, 0.1) is 31.2 Å². The Morgan fingerprint density at radius 1 is 0.524 bits per heavy atom. The first-order valence-corrected chi connectivity index (χ1v) is 28.1. The zero-order valence-electron chi connectivity index (χ0n) is 48.1. The number of hydrogen-bond donors (Lipinski definition) is 13. The molecule has 84 heavy (non-hydrogen) atoms. The van der Waals surface area contributed by atoms with Crippen LogP contribution in [0.25, 0.3) is 10.9 Å². The predicted octanol–water partition coefficient (Wildman–Crippen LogP) is 1.37. The lowest BCUT2D eigenvalue weighted by atomic mass is 9.96. The fourth-order valence-electron chi connectivity index (χ4n) is 9.44. The number of imidazole rings is 2. The second kappa shape index (κ2) is 31.3. The van der Waals surface area contributed by atoms with Crippen LogP contribution in [0.4, 0.5) is 0 Å². The van der Waals surface area contributed by atoms with E-state index in [1.807, 2.05) is 74.5 Å². The van der Waals surface area contributed by atoms with E-state index in [4.69, 9.17) is 5.73 Å². The van der Waals surface area contributed by atoms with Gasteiger partial charge in [-0.2, -0.15) is 0 Å². The summed E-state index contributed by atoms with van der Waals surface area (Å²) in [7, 11) is 0. The van der Waals surface area contributed by atoms with E-state index >= 15 is 0 Å². The van der Waals surface area contributed by atoms with Crippen molar-refractivity contribution >= 4 is 64.1 Å². The number of H-pyrrole nitrogens is 3. The van der Waals surface area contributed by atoms with Gasteiger partial charge in [0.15, 0.2) is 0 Å². The summed E-state index contributed by atoms with van der Waals surface area (Å²) in [6.45, 7) is 9.86. The standard InChI is InChI=1S/C60H78N14O10/c1-34(2)23-45(50(75)28-52(77)69-46(54(61)78)24-39-17-11-8-12-18-39)71-59(83)49(27-42-31-63-33-66-42)72-55(79)36(5)68-60(84)53(35(3)4)74-56(80)37(6)67-57(81)47(25-40-29-64-44-20-14-13-19-43(40)44)73-58(82)48(26-41-30-62-32-65-41)70-51(76)22-21-38-15-9-7-10-16-38/h7-20,29-37,45-50,53,64,75H,21-28H2,1-6H3,(H2,61,78)(H,62,65)(H,63,66)(H,67,81)(H,68,84)(H,69,77)(H,70,76)(H,71,83)(H,72,79)(H,73,82)(H,74,80)/t36-,37+,45+,46+,47+,48+,49+,50+,53+/m1/s1. The quantitative estimate of drug-likeness (QED) is 0.0285. The van der Waals surface area contributed by atoms with Gasteiger partial charge in [-0.25, -0.2) is 9.97 Å². The van der Waals surface area contributed by atoms with Crippen LogP contribution in [0.2, 0.25) is 0 Å². The maximum atomic E-state index is 14.4. The number of aryl methyl sites for hydroxylation is 1. The molecule has 24 heteroatoms. The molecule has 0 unspecified atom stereocenters. The number of carbonyl (C=O) groups is 9. The molecule has 3 aromatic carbocycles. The average molecular weight is 1160 g/mol. The van der Waals surface area contributed by atoms with Crippen molar-refractivity contribution < 1.29 is 48.3 Å². The molecule has 24 nitrogen and oxygen atoms in total. The summed E-state index contributed by atoms with van der Waals surface area (Å²) in [6.07, 6.45) is 6.39. The summed E-state index contributed by atoms with van der Waals surface area (Å²) < 4.78 is 0. The molecular weight excluding hydrogens is 1080 g/mol. The van der Waals surface area contributed by atoms with Crippen molar-refractivity contribution in [1.82, 2.24) is 67.5 Å². The van der Waals surface area contributed by atoms with Gasteiger partial charge < -0.3 is 68.3 Å². The number of carbonyl (C=O) groups excluding carboxylic acids is 9. The Morgan fingerprint density at radius 2 is 1.04 bits per heavy atom. The number of benzene rings is 3. The zero-order chi connectivity index (χ0) is 60.9. The minimum atomic E-state index is -1.43. The average Bonchev–Trinajstić information content (AvgIpc) is 4.32. The normalized spacial score (nSPS) is 14.5. The number of aromatic nitrogens is 5. The summed E-state index contributed by atoms with van der Waals surface area (Å²) in [6, 6.07) is 16.2. The molecule has 0 fully saturated rings. The molecule has 14 N–H and O–H groups in total. The number of aromatic amines is 3. The molecule has 0 radical (unpaired) electrons. The Morgan fingerprint density at radius 3 is 1.62 bits per heavy atom. The van der Waals surface area contributed by atoms with Gasteiger partial charge in [-0.05, 0) is 61.3 Å². The second-order valence-electron chi connectivity index (χ2n) is 21.8. The lowest BCUT2D eigenvalue weighted by Gasteiger charge is -2.29. The molecule has 0 saturated carbocycles. The van der Waals surface area contributed by atoms with Gasteiger partial charge in [-0.15, -0.1) is 0 Å². The Balaban J connectivity index is 1.09. The Kier molecular flexibility index (Phi) is 23.8. The van der Waals surface area contributed by atoms with Gasteiger partial charge in [0.25, 0.3) is 0 Å². The first kappa shape index (κ1) is 64.0. The maximum Gasteiger partial charge on any atom is 0.243 e. The molecule has 0 aliphatic heterocycles. The van der Waals surface area contributed by atoms with Crippen LogP contribution in [-0.4, -0.2) is 138 Å². The molecule has 6 rings (SSSR count). The molecule has 0 spiro atoms. The van der Waals surface area contributed by atoms with Gasteiger partial charge >= 0.3 is 0 Å². The number of rotatable bonds is 32. The fourth-order valence-corrected chi connectivity index (χ4v) is 9.44. The number of aliphatic hydroxyl groups excluding tert-OH is 1. The highest BCUT2D eigenvalue weighted by molar-refractivity contribution is 5.97. The summed E-state index contributed by atoms with van der Waals surface area (Å²) in [5, 5.41) is 33.9. The summed E-state index contributed by atoms with van der Waals surface area (Å²) in [5.74, 6) is -6.88. The van der Waals surface area contributed by atoms with Crippen molar-refractivity contribution in [2.45, 2.75) is 147 Å². The molecule has 9 atom stereocenters. The fraction of sp³-hybridized carbons (Fsp3) is 0.417. The summed E-state index contributed by atoms with van der Waals surface area (Å²) in [4.78, 5) is 141. The highest BCUT2D eigenvalue weighted by Gasteiger charge is 2.35. The van der Waals surface area contributed by atoms with E-state index in [2.05, 4.69) is 67.5 Å². The maximum absolute atomic E-state index is 14.4. The van der Waals surface area contributed by atoms with Crippen LogP contribution >= 0.6 is 0 Å². The first-order valence-electron chi connectivity index (χ1n) is 28.1. The van der Waals surface area contributed by atoms with Crippen LogP contribution in [0.3, 0.4) is 0 Å².